The highest BCUT2D eigenvalue weighted by Gasteiger charge is 2.42. The van der Waals surface area contributed by atoms with Crippen LogP contribution in [0, 0.1) is 11.8 Å². The Morgan fingerprint density at radius 2 is 1.55 bits per heavy atom. The molecule has 2 atom stereocenters. The topological polar surface area (TPSA) is 34.1 Å². The number of fused-ring (bicyclic) bond motifs is 3. The van der Waals surface area contributed by atoms with E-state index >= 15 is 0 Å². The molecule has 0 N–H and O–H groups in total. The number of Topliss-reactive ketones (excluding diaryl/α,β-unsaturated/α-hetero) is 2. The van der Waals surface area contributed by atoms with Gasteiger partial charge in [0.25, 0.3) is 0 Å². The predicted molar refractivity (Wildman–Crippen MR) is 87.2 cm³/mol. The van der Waals surface area contributed by atoms with Gasteiger partial charge in [0.2, 0.25) is 0 Å². The Morgan fingerprint density at radius 1 is 0.955 bits per heavy atom. The first-order valence-corrected chi connectivity index (χ1v) is 7.98. The molecule has 0 bridgehead atoms. The number of carbonyl (C=O) groups excluding carboxylic acids is 2. The van der Waals surface area contributed by atoms with Crippen molar-refractivity contribution in [1.29, 1.82) is 0 Å². The summed E-state index contributed by atoms with van der Waals surface area (Å²) in [6, 6.07) is 11.7. The van der Waals surface area contributed by atoms with Crippen molar-refractivity contribution in [2.75, 3.05) is 0 Å². The fourth-order valence-corrected chi connectivity index (χ4v) is 3.87. The van der Waals surface area contributed by atoms with Crippen molar-refractivity contribution in [3.63, 3.8) is 0 Å². The SMILES string of the molecule is CCC1=CC[C@@H]2C(=O)c3cc4ccccc4cc3C(=O)[C@@H]2C1. The lowest BCUT2D eigenvalue weighted by molar-refractivity contribution is 0.0725. The van der Waals surface area contributed by atoms with E-state index in [1.165, 1.54) is 5.57 Å². The van der Waals surface area contributed by atoms with Crippen LogP contribution >= 0.6 is 0 Å². The summed E-state index contributed by atoms with van der Waals surface area (Å²) in [6.45, 7) is 2.11. The molecule has 2 heteroatoms. The van der Waals surface area contributed by atoms with Crippen molar-refractivity contribution < 1.29 is 9.59 Å². The Bertz CT molecular complexity index is 829. The Balaban J connectivity index is 1.88. The summed E-state index contributed by atoms with van der Waals surface area (Å²) >= 11 is 0. The minimum absolute atomic E-state index is 0.150. The molecule has 2 nitrogen and oxygen atoms in total. The summed E-state index contributed by atoms with van der Waals surface area (Å²) in [5.41, 5.74) is 2.56. The summed E-state index contributed by atoms with van der Waals surface area (Å²) in [7, 11) is 0. The van der Waals surface area contributed by atoms with E-state index in [4.69, 9.17) is 0 Å². The maximum atomic E-state index is 12.9. The fourth-order valence-electron chi connectivity index (χ4n) is 3.87. The molecule has 0 aromatic heterocycles. The summed E-state index contributed by atoms with van der Waals surface area (Å²) in [5, 5.41) is 2.06. The van der Waals surface area contributed by atoms with Crippen molar-refractivity contribution in [3.8, 4) is 0 Å². The summed E-state index contributed by atoms with van der Waals surface area (Å²) in [6.07, 6.45) is 4.59. The lowest BCUT2D eigenvalue weighted by Gasteiger charge is -2.34. The Labute approximate surface area is 129 Å². The van der Waals surface area contributed by atoms with Crippen LogP contribution in [-0.2, 0) is 0 Å². The average molecular weight is 290 g/mol. The van der Waals surface area contributed by atoms with Gasteiger partial charge in [0.05, 0.1) is 0 Å². The minimum atomic E-state index is -0.156. The highest BCUT2D eigenvalue weighted by Crippen LogP contribution is 2.41. The van der Waals surface area contributed by atoms with Gasteiger partial charge in [0.15, 0.2) is 11.6 Å². The van der Waals surface area contributed by atoms with Crippen molar-refractivity contribution in [2.24, 2.45) is 11.8 Å². The van der Waals surface area contributed by atoms with E-state index in [0.717, 1.165) is 23.6 Å². The highest BCUT2D eigenvalue weighted by molar-refractivity contribution is 6.18. The lowest BCUT2D eigenvalue weighted by atomic mass is 9.67. The van der Waals surface area contributed by atoms with E-state index in [0.29, 0.717) is 17.5 Å². The number of hydrogen-bond donors (Lipinski definition) is 0. The van der Waals surface area contributed by atoms with Crippen molar-refractivity contribution in [2.45, 2.75) is 26.2 Å². The standard InChI is InChI=1S/C20H18O2/c1-2-12-7-8-15-16(9-12)20(22)18-11-14-6-4-3-5-13(14)10-17(18)19(15)21/h3-7,10-11,15-16H,2,8-9H2,1H3/t15-,16+/m0/s1. The van der Waals surface area contributed by atoms with Gasteiger partial charge in [-0.1, -0.05) is 42.8 Å². The molecule has 2 aromatic rings. The number of hydrogen-bond acceptors (Lipinski definition) is 2. The second-order valence-corrected chi connectivity index (χ2v) is 6.34. The highest BCUT2D eigenvalue weighted by atomic mass is 16.1. The van der Waals surface area contributed by atoms with E-state index in [1.54, 1.807) is 0 Å². The second kappa shape index (κ2) is 4.91. The van der Waals surface area contributed by atoms with Gasteiger partial charge in [-0.05, 0) is 42.2 Å². The van der Waals surface area contributed by atoms with Crippen LogP contribution in [0.5, 0.6) is 0 Å². The van der Waals surface area contributed by atoms with Crippen LogP contribution in [0.2, 0.25) is 0 Å². The number of ketones is 2. The van der Waals surface area contributed by atoms with Crippen LogP contribution in [0.15, 0.2) is 48.0 Å². The summed E-state index contributed by atoms with van der Waals surface area (Å²) in [4.78, 5) is 25.8. The molecule has 0 unspecified atom stereocenters. The molecular formula is C20H18O2. The number of carbonyl (C=O) groups is 2. The zero-order chi connectivity index (χ0) is 15.3. The van der Waals surface area contributed by atoms with Gasteiger partial charge in [-0.3, -0.25) is 9.59 Å². The van der Waals surface area contributed by atoms with Crippen molar-refractivity contribution in [3.05, 3.63) is 59.2 Å². The Morgan fingerprint density at radius 3 is 2.14 bits per heavy atom. The molecule has 0 amide bonds. The van der Waals surface area contributed by atoms with Gasteiger partial charge in [-0.2, -0.15) is 0 Å². The largest absolute Gasteiger partial charge is 0.294 e. The molecule has 0 aliphatic heterocycles. The first kappa shape index (κ1) is 13.4. The third kappa shape index (κ3) is 1.87. The van der Waals surface area contributed by atoms with Gasteiger partial charge in [0, 0.05) is 23.0 Å². The van der Waals surface area contributed by atoms with Gasteiger partial charge in [-0.25, -0.2) is 0 Å². The molecule has 4 rings (SSSR count). The predicted octanol–water partition coefficient (Wildman–Crippen LogP) is 4.58. The van der Waals surface area contributed by atoms with Crippen LogP contribution in [0.25, 0.3) is 10.8 Å². The summed E-state index contributed by atoms with van der Waals surface area (Å²) in [5.74, 6) is -0.00117. The normalized spacial score (nSPS) is 24.0. The van der Waals surface area contributed by atoms with Gasteiger partial charge in [0.1, 0.15) is 0 Å². The van der Waals surface area contributed by atoms with E-state index in [2.05, 4.69) is 13.0 Å². The quantitative estimate of drug-likeness (QED) is 0.720. The molecule has 2 aliphatic carbocycles. The zero-order valence-corrected chi connectivity index (χ0v) is 12.6. The van der Waals surface area contributed by atoms with E-state index in [-0.39, 0.29) is 23.4 Å². The fraction of sp³-hybridized carbons (Fsp3) is 0.300. The van der Waals surface area contributed by atoms with Crippen LogP contribution in [0.1, 0.15) is 46.9 Å². The van der Waals surface area contributed by atoms with E-state index in [1.807, 2.05) is 36.4 Å². The van der Waals surface area contributed by atoms with Crippen LogP contribution in [-0.4, -0.2) is 11.6 Å². The first-order valence-electron chi connectivity index (χ1n) is 7.98. The summed E-state index contributed by atoms with van der Waals surface area (Å²) < 4.78 is 0. The molecule has 0 fully saturated rings. The third-order valence-electron chi connectivity index (χ3n) is 5.17. The monoisotopic (exact) mass is 290 g/mol. The Hall–Kier alpha value is -2.22. The molecule has 0 spiro atoms. The van der Waals surface area contributed by atoms with Gasteiger partial charge in [-0.15, -0.1) is 0 Å². The zero-order valence-electron chi connectivity index (χ0n) is 12.6. The molecule has 0 radical (unpaired) electrons. The molecule has 110 valence electrons. The average Bonchev–Trinajstić information content (AvgIpc) is 2.58. The molecule has 22 heavy (non-hydrogen) atoms. The molecule has 0 saturated carbocycles. The maximum absolute atomic E-state index is 12.9. The molecular weight excluding hydrogens is 272 g/mol. The van der Waals surface area contributed by atoms with Crippen LogP contribution < -0.4 is 0 Å². The molecule has 2 aromatic carbocycles. The minimum Gasteiger partial charge on any atom is -0.294 e. The van der Waals surface area contributed by atoms with Crippen molar-refractivity contribution >= 4 is 22.3 Å². The van der Waals surface area contributed by atoms with E-state index in [9.17, 15) is 9.59 Å². The molecule has 0 heterocycles. The van der Waals surface area contributed by atoms with Crippen molar-refractivity contribution in [1.82, 2.24) is 0 Å². The van der Waals surface area contributed by atoms with Gasteiger partial charge < -0.3 is 0 Å². The second-order valence-electron chi connectivity index (χ2n) is 6.34. The van der Waals surface area contributed by atoms with E-state index < -0.39 is 0 Å². The van der Waals surface area contributed by atoms with Crippen LogP contribution in [0.3, 0.4) is 0 Å². The number of allylic oxidation sites excluding steroid dienone is 2. The number of benzene rings is 2. The Kier molecular flexibility index (Phi) is 3.00. The smallest absolute Gasteiger partial charge is 0.167 e. The van der Waals surface area contributed by atoms with Gasteiger partial charge >= 0.3 is 0 Å². The van der Waals surface area contributed by atoms with Crippen LogP contribution in [0.4, 0.5) is 0 Å². The third-order valence-corrected chi connectivity index (χ3v) is 5.17. The lowest BCUT2D eigenvalue weighted by Crippen LogP contribution is -2.38. The molecule has 0 saturated heterocycles. The molecule has 2 aliphatic rings. The first-order chi connectivity index (χ1) is 10.7. The number of rotatable bonds is 1. The maximum Gasteiger partial charge on any atom is 0.167 e.